The molecule has 5 heteroatoms. The molecule has 1 heterocycles. The van der Waals surface area contributed by atoms with Crippen LogP contribution in [-0.2, 0) is 11.3 Å². The normalized spacial score (nSPS) is 10.6. The van der Waals surface area contributed by atoms with E-state index in [0.717, 1.165) is 12.1 Å². The highest BCUT2D eigenvalue weighted by Gasteiger charge is 2.11. The Morgan fingerprint density at radius 3 is 2.71 bits per heavy atom. The summed E-state index contributed by atoms with van der Waals surface area (Å²) in [5.74, 6) is 0.617. The van der Waals surface area contributed by atoms with Gasteiger partial charge in [0.05, 0.1) is 6.54 Å². The number of hydrogen-bond acceptors (Lipinski definition) is 4. The van der Waals surface area contributed by atoms with E-state index in [1.165, 1.54) is 0 Å². The molecule has 17 heavy (non-hydrogen) atoms. The standard InChI is InChI=1S/C12H20N4O/c1-4-16(9-12(17)15(2)3)8-10-5-6-14-11(13)7-10/h5-7H,4,8-9H2,1-3H3,(H2,13,14). The van der Waals surface area contributed by atoms with Gasteiger partial charge >= 0.3 is 0 Å². The highest BCUT2D eigenvalue weighted by Crippen LogP contribution is 2.07. The Balaban J connectivity index is 2.61. The van der Waals surface area contributed by atoms with E-state index in [2.05, 4.69) is 9.88 Å². The Hall–Kier alpha value is -1.62. The largest absolute Gasteiger partial charge is 0.384 e. The third-order valence-electron chi connectivity index (χ3n) is 2.56. The van der Waals surface area contributed by atoms with Crippen molar-refractivity contribution in [2.45, 2.75) is 13.5 Å². The third kappa shape index (κ3) is 4.40. The number of rotatable bonds is 5. The maximum atomic E-state index is 11.6. The highest BCUT2D eigenvalue weighted by molar-refractivity contribution is 5.77. The van der Waals surface area contributed by atoms with Crippen molar-refractivity contribution in [2.75, 3.05) is 32.9 Å². The second-order valence-corrected chi connectivity index (χ2v) is 4.18. The molecule has 94 valence electrons. The van der Waals surface area contributed by atoms with Gasteiger partial charge in [0.25, 0.3) is 0 Å². The summed E-state index contributed by atoms with van der Waals surface area (Å²) in [5.41, 5.74) is 6.70. The fraction of sp³-hybridized carbons (Fsp3) is 0.500. The zero-order chi connectivity index (χ0) is 12.8. The van der Waals surface area contributed by atoms with Crippen LogP contribution in [0, 0.1) is 0 Å². The molecule has 0 saturated heterocycles. The number of nitrogen functional groups attached to an aromatic ring is 1. The Kier molecular flexibility index (Phi) is 4.90. The van der Waals surface area contributed by atoms with Crippen molar-refractivity contribution in [3.63, 3.8) is 0 Å². The van der Waals surface area contributed by atoms with Gasteiger partial charge in [-0.3, -0.25) is 9.69 Å². The molecule has 0 saturated carbocycles. The smallest absolute Gasteiger partial charge is 0.236 e. The molecule has 0 atom stereocenters. The highest BCUT2D eigenvalue weighted by atomic mass is 16.2. The number of pyridine rings is 1. The van der Waals surface area contributed by atoms with Gasteiger partial charge in [0.2, 0.25) is 5.91 Å². The summed E-state index contributed by atoms with van der Waals surface area (Å²) >= 11 is 0. The van der Waals surface area contributed by atoms with Gasteiger partial charge in [0, 0.05) is 26.8 Å². The number of amides is 1. The minimum atomic E-state index is 0.105. The lowest BCUT2D eigenvalue weighted by atomic mass is 10.2. The number of carbonyl (C=O) groups excluding carboxylic acids is 1. The number of aromatic nitrogens is 1. The summed E-state index contributed by atoms with van der Waals surface area (Å²) in [7, 11) is 3.53. The predicted molar refractivity (Wildman–Crippen MR) is 68.3 cm³/mol. The summed E-state index contributed by atoms with van der Waals surface area (Å²) in [4.78, 5) is 19.2. The minimum absolute atomic E-state index is 0.105. The van der Waals surface area contributed by atoms with Crippen molar-refractivity contribution in [1.29, 1.82) is 0 Å². The molecule has 0 unspecified atom stereocenters. The van der Waals surface area contributed by atoms with Crippen LogP contribution in [0.1, 0.15) is 12.5 Å². The van der Waals surface area contributed by atoms with Crippen LogP contribution in [0.15, 0.2) is 18.3 Å². The molecule has 0 aromatic carbocycles. The lowest BCUT2D eigenvalue weighted by Crippen LogP contribution is -2.36. The molecule has 1 aromatic heterocycles. The molecule has 0 aliphatic heterocycles. The van der Waals surface area contributed by atoms with E-state index < -0.39 is 0 Å². The van der Waals surface area contributed by atoms with Crippen molar-refractivity contribution in [1.82, 2.24) is 14.8 Å². The van der Waals surface area contributed by atoms with Crippen molar-refractivity contribution < 1.29 is 4.79 Å². The van der Waals surface area contributed by atoms with Crippen molar-refractivity contribution in [3.8, 4) is 0 Å². The number of likely N-dealkylation sites (N-methyl/N-ethyl adjacent to an activating group) is 2. The Morgan fingerprint density at radius 1 is 1.47 bits per heavy atom. The average Bonchev–Trinajstić information content (AvgIpc) is 2.27. The average molecular weight is 236 g/mol. The molecule has 0 aliphatic carbocycles. The Labute approximate surface area is 102 Å². The number of nitrogens with zero attached hydrogens (tertiary/aromatic N) is 3. The molecular weight excluding hydrogens is 216 g/mol. The first-order chi connectivity index (χ1) is 8.02. The number of carbonyl (C=O) groups is 1. The maximum absolute atomic E-state index is 11.6. The molecular formula is C12H20N4O. The van der Waals surface area contributed by atoms with Crippen LogP contribution in [-0.4, -0.2) is 47.9 Å². The van der Waals surface area contributed by atoms with E-state index in [4.69, 9.17) is 5.73 Å². The van der Waals surface area contributed by atoms with Crippen molar-refractivity contribution in [3.05, 3.63) is 23.9 Å². The van der Waals surface area contributed by atoms with Gasteiger partial charge in [-0.15, -0.1) is 0 Å². The summed E-state index contributed by atoms with van der Waals surface area (Å²) in [5, 5.41) is 0. The lowest BCUT2D eigenvalue weighted by molar-refractivity contribution is -0.130. The fourth-order valence-electron chi connectivity index (χ4n) is 1.46. The molecule has 0 fully saturated rings. The number of hydrogen-bond donors (Lipinski definition) is 1. The summed E-state index contributed by atoms with van der Waals surface area (Å²) in [6, 6.07) is 3.75. The first kappa shape index (κ1) is 13.4. The number of anilines is 1. The van der Waals surface area contributed by atoms with Gasteiger partial charge in [-0.25, -0.2) is 4.98 Å². The second kappa shape index (κ2) is 6.20. The van der Waals surface area contributed by atoms with Crippen LogP contribution in [0.2, 0.25) is 0 Å². The van der Waals surface area contributed by atoms with Crippen molar-refractivity contribution >= 4 is 11.7 Å². The van der Waals surface area contributed by atoms with E-state index in [0.29, 0.717) is 18.9 Å². The van der Waals surface area contributed by atoms with Gasteiger partial charge in [-0.05, 0) is 24.2 Å². The number of nitrogens with two attached hydrogens (primary N) is 1. The van der Waals surface area contributed by atoms with Gasteiger partial charge in [0.15, 0.2) is 0 Å². The molecule has 0 spiro atoms. The monoisotopic (exact) mass is 236 g/mol. The van der Waals surface area contributed by atoms with E-state index >= 15 is 0 Å². The summed E-state index contributed by atoms with van der Waals surface area (Å²) in [6.07, 6.45) is 1.69. The molecule has 0 radical (unpaired) electrons. The van der Waals surface area contributed by atoms with Gasteiger partial charge in [-0.2, -0.15) is 0 Å². The Morgan fingerprint density at radius 2 is 2.18 bits per heavy atom. The van der Waals surface area contributed by atoms with Crippen LogP contribution in [0.5, 0.6) is 0 Å². The van der Waals surface area contributed by atoms with Crippen LogP contribution in [0.25, 0.3) is 0 Å². The zero-order valence-corrected chi connectivity index (χ0v) is 10.7. The molecule has 0 bridgehead atoms. The van der Waals surface area contributed by atoms with E-state index in [9.17, 15) is 4.79 Å². The molecule has 1 aromatic rings. The van der Waals surface area contributed by atoms with Crippen LogP contribution in [0.4, 0.5) is 5.82 Å². The van der Waals surface area contributed by atoms with Crippen LogP contribution < -0.4 is 5.73 Å². The van der Waals surface area contributed by atoms with Crippen LogP contribution in [0.3, 0.4) is 0 Å². The van der Waals surface area contributed by atoms with Gasteiger partial charge in [0.1, 0.15) is 5.82 Å². The molecule has 5 nitrogen and oxygen atoms in total. The van der Waals surface area contributed by atoms with Crippen LogP contribution >= 0.6 is 0 Å². The van der Waals surface area contributed by atoms with Crippen molar-refractivity contribution in [2.24, 2.45) is 0 Å². The topological polar surface area (TPSA) is 62.5 Å². The minimum Gasteiger partial charge on any atom is -0.384 e. The molecule has 2 N–H and O–H groups in total. The first-order valence-corrected chi connectivity index (χ1v) is 5.65. The quantitative estimate of drug-likeness (QED) is 0.812. The van der Waals surface area contributed by atoms with E-state index in [1.807, 2.05) is 19.1 Å². The lowest BCUT2D eigenvalue weighted by Gasteiger charge is -2.21. The zero-order valence-electron chi connectivity index (χ0n) is 10.7. The molecule has 1 rings (SSSR count). The van der Waals surface area contributed by atoms with Gasteiger partial charge in [-0.1, -0.05) is 6.92 Å². The fourth-order valence-corrected chi connectivity index (χ4v) is 1.46. The van der Waals surface area contributed by atoms with E-state index in [-0.39, 0.29) is 5.91 Å². The maximum Gasteiger partial charge on any atom is 0.236 e. The Bertz CT molecular complexity index is 379. The third-order valence-corrected chi connectivity index (χ3v) is 2.56. The first-order valence-electron chi connectivity index (χ1n) is 5.65. The molecule has 1 amide bonds. The van der Waals surface area contributed by atoms with Gasteiger partial charge < -0.3 is 10.6 Å². The predicted octanol–water partition coefficient (Wildman–Crippen LogP) is 0.574. The molecule has 0 aliphatic rings. The second-order valence-electron chi connectivity index (χ2n) is 4.18. The summed E-state index contributed by atoms with van der Waals surface area (Å²) in [6.45, 7) is 3.99. The van der Waals surface area contributed by atoms with E-state index in [1.54, 1.807) is 25.2 Å². The SMILES string of the molecule is CCN(CC(=O)N(C)C)Cc1ccnc(N)c1. The summed E-state index contributed by atoms with van der Waals surface area (Å²) < 4.78 is 0.